The van der Waals surface area contributed by atoms with Gasteiger partial charge in [0.25, 0.3) is 0 Å². The lowest BCUT2D eigenvalue weighted by atomic mass is 10.1. The van der Waals surface area contributed by atoms with Crippen LogP contribution in [0.4, 0.5) is 0 Å². The van der Waals surface area contributed by atoms with Crippen LogP contribution < -0.4 is 0 Å². The number of hydrogen-bond acceptors (Lipinski definition) is 3. The molecule has 0 aromatic carbocycles. The summed E-state index contributed by atoms with van der Waals surface area (Å²) in [5.41, 5.74) is 0. The zero-order valence-corrected chi connectivity index (χ0v) is 17.5. The maximum Gasteiger partial charge on any atom is 0.345 e. The van der Waals surface area contributed by atoms with Gasteiger partial charge in [0, 0.05) is 6.42 Å². The Morgan fingerprint density at radius 3 is 1.93 bits per heavy atom. The summed E-state index contributed by atoms with van der Waals surface area (Å²) in [6, 6.07) is 0. The lowest BCUT2D eigenvalue weighted by Gasteiger charge is -2.11. The third kappa shape index (κ3) is 17.6. The molecule has 0 amide bonds. The first-order chi connectivity index (χ1) is 13.1. The van der Waals surface area contributed by atoms with E-state index in [0.29, 0.717) is 12.8 Å². The van der Waals surface area contributed by atoms with E-state index in [9.17, 15) is 9.59 Å². The average molecular weight is 381 g/mol. The van der Waals surface area contributed by atoms with E-state index in [1.807, 2.05) is 0 Å². The van der Waals surface area contributed by atoms with Crippen LogP contribution in [0.25, 0.3) is 0 Å². The van der Waals surface area contributed by atoms with E-state index in [-0.39, 0.29) is 0 Å². The Morgan fingerprint density at radius 2 is 1.37 bits per heavy atom. The fourth-order valence-electron chi connectivity index (χ4n) is 2.78. The van der Waals surface area contributed by atoms with Crippen molar-refractivity contribution in [3.8, 4) is 0 Å². The van der Waals surface area contributed by atoms with Gasteiger partial charge in [0.15, 0.2) is 6.10 Å². The summed E-state index contributed by atoms with van der Waals surface area (Å²) in [6.45, 7) is 3.94. The number of aliphatic carboxylic acids is 1. The van der Waals surface area contributed by atoms with Gasteiger partial charge in [-0.1, -0.05) is 76.7 Å². The number of carboxylic acid groups (broad SMARTS) is 1. The van der Waals surface area contributed by atoms with Crippen molar-refractivity contribution in [3.63, 3.8) is 0 Å². The van der Waals surface area contributed by atoms with Gasteiger partial charge in [0.1, 0.15) is 0 Å². The first-order valence-corrected chi connectivity index (χ1v) is 10.8. The molecule has 0 heterocycles. The molecule has 0 saturated heterocycles. The normalized spacial score (nSPS) is 12.7. The predicted octanol–water partition coefficient (Wildman–Crippen LogP) is 6.60. The van der Waals surface area contributed by atoms with E-state index in [1.165, 1.54) is 44.9 Å². The van der Waals surface area contributed by atoms with E-state index in [2.05, 4.69) is 31.2 Å². The Hall–Kier alpha value is -1.58. The number of hydrogen-bond donors (Lipinski definition) is 1. The molecule has 1 N–H and O–H groups in total. The van der Waals surface area contributed by atoms with Crippen LogP contribution in [0.1, 0.15) is 104 Å². The molecule has 0 aliphatic heterocycles. The zero-order chi connectivity index (χ0) is 20.2. The van der Waals surface area contributed by atoms with Gasteiger partial charge in [-0.2, -0.15) is 0 Å². The van der Waals surface area contributed by atoms with Crippen LogP contribution in [0, 0.1) is 0 Å². The standard InChI is InChI=1S/C23H40O4/c1-3-5-6-7-8-9-10-11-12-13-14-15-16-17-18-19-20-22(24)27-21(4-2)23(25)26/h9-10,12-13,21H,3-8,11,14-20H2,1-2H3,(H,25,26)/b10-9-,13-12-. The van der Waals surface area contributed by atoms with Crippen molar-refractivity contribution < 1.29 is 19.4 Å². The summed E-state index contributed by atoms with van der Waals surface area (Å²) >= 11 is 0. The number of ether oxygens (including phenoxy) is 1. The van der Waals surface area contributed by atoms with Crippen molar-refractivity contribution in [2.24, 2.45) is 0 Å². The van der Waals surface area contributed by atoms with Gasteiger partial charge in [0.2, 0.25) is 0 Å². The lowest BCUT2D eigenvalue weighted by molar-refractivity contribution is -0.164. The van der Waals surface area contributed by atoms with Gasteiger partial charge in [-0.3, -0.25) is 4.79 Å². The van der Waals surface area contributed by atoms with Gasteiger partial charge in [0.05, 0.1) is 0 Å². The molecule has 0 spiro atoms. The van der Waals surface area contributed by atoms with Crippen molar-refractivity contribution in [1.82, 2.24) is 0 Å². The van der Waals surface area contributed by atoms with Gasteiger partial charge in [-0.05, 0) is 44.9 Å². The molecule has 0 aromatic rings. The van der Waals surface area contributed by atoms with Crippen molar-refractivity contribution in [1.29, 1.82) is 0 Å². The van der Waals surface area contributed by atoms with E-state index in [0.717, 1.165) is 32.1 Å². The molecule has 0 rings (SSSR count). The SMILES string of the molecule is CCCCCC/C=C\C/C=C\CCCCCCCC(=O)OC(CC)C(=O)O. The largest absolute Gasteiger partial charge is 0.479 e. The van der Waals surface area contributed by atoms with Gasteiger partial charge >= 0.3 is 11.9 Å². The van der Waals surface area contributed by atoms with Gasteiger partial charge < -0.3 is 9.84 Å². The van der Waals surface area contributed by atoms with Crippen molar-refractivity contribution in [3.05, 3.63) is 24.3 Å². The molecule has 4 heteroatoms. The summed E-state index contributed by atoms with van der Waals surface area (Å²) in [5.74, 6) is -1.47. The van der Waals surface area contributed by atoms with Crippen LogP contribution in [0.3, 0.4) is 0 Å². The summed E-state index contributed by atoms with van der Waals surface area (Å²) < 4.78 is 4.93. The quantitative estimate of drug-likeness (QED) is 0.165. The lowest BCUT2D eigenvalue weighted by Crippen LogP contribution is -2.26. The van der Waals surface area contributed by atoms with Crippen LogP contribution in [0.15, 0.2) is 24.3 Å². The summed E-state index contributed by atoms with van der Waals surface area (Å²) in [5, 5.41) is 8.85. The number of carbonyl (C=O) groups is 2. The van der Waals surface area contributed by atoms with Gasteiger partial charge in [-0.25, -0.2) is 4.79 Å². The Balaban J connectivity index is 3.43. The van der Waals surface area contributed by atoms with Crippen molar-refractivity contribution in [2.45, 2.75) is 110 Å². The Morgan fingerprint density at radius 1 is 0.815 bits per heavy atom. The molecule has 0 saturated carbocycles. The molecule has 0 fully saturated rings. The minimum atomic E-state index is -1.07. The minimum Gasteiger partial charge on any atom is -0.479 e. The molecule has 156 valence electrons. The van der Waals surface area contributed by atoms with Crippen molar-refractivity contribution >= 4 is 11.9 Å². The average Bonchev–Trinajstić information content (AvgIpc) is 2.65. The first kappa shape index (κ1) is 25.4. The highest BCUT2D eigenvalue weighted by Crippen LogP contribution is 2.10. The third-order valence-corrected chi connectivity index (χ3v) is 4.50. The smallest absolute Gasteiger partial charge is 0.345 e. The van der Waals surface area contributed by atoms with Crippen LogP contribution in [0.2, 0.25) is 0 Å². The molecule has 4 nitrogen and oxygen atoms in total. The number of rotatable bonds is 18. The Kier molecular flexibility index (Phi) is 18.1. The van der Waals surface area contributed by atoms with E-state index < -0.39 is 18.0 Å². The van der Waals surface area contributed by atoms with Crippen LogP contribution in [0.5, 0.6) is 0 Å². The first-order valence-electron chi connectivity index (χ1n) is 10.8. The molecule has 0 bridgehead atoms. The summed E-state index contributed by atoms with van der Waals surface area (Å²) in [7, 11) is 0. The third-order valence-electron chi connectivity index (χ3n) is 4.50. The summed E-state index contributed by atoms with van der Waals surface area (Å²) in [4.78, 5) is 22.4. The maximum absolute atomic E-state index is 11.6. The number of esters is 1. The second-order valence-corrected chi connectivity index (χ2v) is 7.06. The Bertz CT molecular complexity index is 426. The highest BCUT2D eigenvalue weighted by Gasteiger charge is 2.19. The summed E-state index contributed by atoms with van der Waals surface area (Å²) in [6.07, 6.45) is 22.5. The number of carboxylic acids is 1. The molecule has 0 aliphatic rings. The molecule has 0 radical (unpaired) electrons. The highest BCUT2D eigenvalue weighted by atomic mass is 16.6. The zero-order valence-electron chi connectivity index (χ0n) is 17.5. The minimum absolute atomic E-state index is 0.309. The topological polar surface area (TPSA) is 63.6 Å². The second kappa shape index (κ2) is 19.2. The van der Waals surface area contributed by atoms with Crippen molar-refractivity contribution in [2.75, 3.05) is 0 Å². The fraction of sp³-hybridized carbons (Fsp3) is 0.739. The predicted molar refractivity (Wildman–Crippen MR) is 112 cm³/mol. The number of unbranched alkanes of at least 4 members (excludes halogenated alkanes) is 9. The molecule has 0 aromatic heterocycles. The molecular formula is C23H40O4. The fourth-order valence-corrected chi connectivity index (χ4v) is 2.78. The van der Waals surface area contributed by atoms with Crippen LogP contribution >= 0.6 is 0 Å². The molecular weight excluding hydrogens is 340 g/mol. The molecule has 27 heavy (non-hydrogen) atoms. The molecule has 1 unspecified atom stereocenters. The van der Waals surface area contributed by atoms with E-state index >= 15 is 0 Å². The van der Waals surface area contributed by atoms with Gasteiger partial charge in [-0.15, -0.1) is 0 Å². The van der Waals surface area contributed by atoms with Crippen LogP contribution in [-0.2, 0) is 14.3 Å². The Labute approximate surface area is 166 Å². The molecule has 0 aliphatic carbocycles. The second-order valence-electron chi connectivity index (χ2n) is 7.06. The van der Waals surface area contributed by atoms with E-state index in [4.69, 9.17) is 9.84 Å². The van der Waals surface area contributed by atoms with E-state index in [1.54, 1.807) is 6.92 Å². The monoisotopic (exact) mass is 380 g/mol. The number of allylic oxidation sites excluding steroid dienone is 4. The number of carbonyl (C=O) groups excluding carboxylic acids is 1. The molecule has 1 atom stereocenters. The highest BCUT2D eigenvalue weighted by molar-refractivity contribution is 5.77. The maximum atomic E-state index is 11.6. The van der Waals surface area contributed by atoms with Crippen LogP contribution in [-0.4, -0.2) is 23.1 Å².